The Morgan fingerprint density at radius 3 is 1.31 bits per heavy atom. The molecular weight excluding hydrogens is 164 g/mol. The molecule has 4 heteroatoms. The smallest absolute Gasteiger partial charge is 0.0531 e. The fraction of sp³-hybridized carbons (Fsp3) is 1.00. The Morgan fingerprint density at radius 1 is 0.538 bits per heavy atom. The lowest BCUT2D eigenvalue weighted by Crippen LogP contribution is -2.31. The summed E-state index contributed by atoms with van der Waals surface area (Å²) < 4.78 is 0. The zero-order valence-electron chi connectivity index (χ0n) is 8.15. The first-order valence-electron chi connectivity index (χ1n) is 5.29. The van der Waals surface area contributed by atoms with E-state index in [-0.39, 0.29) is 0 Å². The summed E-state index contributed by atoms with van der Waals surface area (Å²) in [5.74, 6) is 0. The summed E-state index contributed by atoms with van der Waals surface area (Å²) in [6, 6.07) is 0. The van der Waals surface area contributed by atoms with Gasteiger partial charge in [0.05, 0.1) is 20.0 Å². The van der Waals surface area contributed by atoms with Gasteiger partial charge in [0, 0.05) is 39.3 Å². The van der Waals surface area contributed by atoms with Crippen LogP contribution < -0.4 is 0 Å². The maximum atomic E-state index is 2.55. The SMILES string of the molecule is C1CN1CN1CCN(CN2CC2)C1. The maximum absolute atomic E-state index is 2.55. The van der Waals surface area contributed by atoms with Gasteiger partial charge in [-0.25, -0.2) is 0 Å². The van der Waals surface area contributed by atoms with Crippen molar-refractivity contribution in [2.24, 2.45) is 0 Å². The molecule has 0 atom stereocenters. The van der Waals surface area contributed by atoms with Crippen molar-refractivity contribution in [1.29, 1.82) is 0 Å². The van der Waals surface area contributed by atoms with Crippen molar-refractivity contribution in [1.82, 2.24) is 19.6 Å². The molecule has 3 fully saturated rings. The lowest BCUT2D eigenvalue weighted by molar-refractivity contribution is 0.181. The molecule has 0 saturated carbocycles. The van der Waals surface area contributed by atoms with Crippen molar-refractivity contribution in [3.05, 3.63) is 0 Å². The summed E-state index contributed by atoms with van der Waals surface area (Å²) in [7, 11) is 0. The Labute approximate surface area is 79.7 Å². The van der Waals surface area contributed by atoms with E-state index in [4.69, 9.17) is 0 Å². The van der Waals surface area contributed by atoms with Crippen LogP contribution in [-0.4, -0.2) is 78.9 Å². The minimum absolute atomic E-state index is 1.19. The largest absolute Gasteiger partial charge is 0.288 e. The molecule has 4 nitrogen and oxygen atoms in total. The van der Waals surface area contributed by atoms with Crippen molar-refractivity contribution in [2.45, 2.75) is 0 Å². The minimum Gasteiger partial charge on any atom is -0.288 e. The van der Waals surface area contributed by atoms with Gasteiger partial charge < -0.3 is 0 Å². The highest BCUT2D eigenvalue weighted by Gasteiger charge is 2.28. The third-order valence-corrected chi connectivity index (χ3v) is 3.01. The van der Waals surface area contributed by atoms with Gasteiger partial charge in [0.2, 0.25) is 0 Å². The Hall–Kier alpha value is -0.160. The molecule has 3 rings (SSSR count). The number of nitrogens with zero attached hydrogens (tertiary/aromatic N) is 4. The van der Waals surface area contributed by atoms with Crippen LogP contribution in [0.5, 0.6) is 0 Å². The quantitative estimate of drug-likeness (QED) is 0.523. The topological polar surface area (TPSA) is 12.5 Å². The fourth-order valence-corrected chi connectivity index (χ4v) is 1.93. The van der Waals surface area contributed by atoms with E-state index in [1.807, 2.05) is 0 Å². The molecule has 0 N–H and O–H groups in total. The van der Waals surface area contributed by atoms with Crippen LogP contribution in [0.25, 0.3) is 0 Å². The first kappa shape index (κ1) is 8.17. The van der Waals surface area contributed by atoms with Crippen LogP contribution >= 0.6 is 0 Å². The van der Waals surface area contributed by atoms with E-state index in [2.05, 4.69) is 19.6 Å². The molecule has 13 heavy (non-hydrogen) atoms. The van der Waals surface area contributed by atoms with Gasteiger partial charge in [-0.05, 0) is 0 Å². The van der Waals surface area contributed by atoms with Crippen LogP contribution in [0.15, 0.2) is 0 Å². The lowest BCUT2D eigenvalue weighted by atomic mass is 10.6. The molecule has 0 unspecified atom stereocenters. The van der Waals surface area contributed by atoms with Gasteiger partial charge in [-0.3, -0.25) is 19.6 Å². The summed E-state index contributed by atoms with van der Waals surface area (Å²) in [5.41, 5.74) is 0. The zero-order chi connectivity index (χ0) is 8.67. The lowest BCUT2D eigenvalue weighted by Gasteiger charge is -2.18. The second-order valence-corrected chi connectivity index (χ2v) is 4.45. The van der Waals surface area contributed by atoms with E-state index in [9.17, 15) is 0 Å². The first-order chi connectivity index (χ1) is 6.40. The van der Waals surface area contributed by atoms with Gasteiger partial charge in [-0.1, -0.05) is 0 Å². The summed E-state index contributed by atoms with van der Waals surface area (Å²) in [5, 5.41) is 0. The van der Waals surface area contributed by atoms with E-state index >= 15 is 0 Å². The van der Waals surface area contributed by atoms with Crippen molar-refractivity contribution >= 4 is 0 Å². The molecule has 0 aromatic carbocycles. The van der Waals surface area contributed by atoms with Gasteiger partial charge in [0.25, 0.3) is 0 Å². The standard InChI is InChI=1S/C9H18N4/c1-2-10(1)7-12-5-6-13(9-12)8-11-3-4-11/h1-9H2. The highest BCUT2D eigenvalue weighted by atomic mass is 15.5. The molecular formula is C9H18N4. The Bertz CT molecular complexity index is 168. The van der Waals surface area contributed by atoms with Gasteiger partial charge in [0.15, 0.2) is 0 Å². The normalized spacial score (nSPS) is 31.4. The van der Waals surface area contributed by atoms with E-state index in [0.29, 0.717) is 0 Å². The molecule has 0 aliphatic carbocycles. The minimum atomic E-state index is 1.19. The monoisotopic (exact) mass is 182 g/mol. The second kappa shape index (κ2) is 3.20. The maximum Gasteiger partial charge on any atom is 0.0531 e. The van der Waals surface area contributed by atoms with Crippen LogP contribution in [0.4, 0.5) is 0 Å². The van der Waals surface area contributed by atoms with Gasteiger partial charge in [-0.15, -0.1) is 0 Å². The van der Waals surface area contributed by atoms with Crippen LogP contribution in [0.3, 0.4) is 0 Å². The predicted octanol–water partition coefficient (Wildman–Crippen LogP) is -0.892. The second-order valence-electron chi connectivity index (χ2n) is 4.45. The number of hydrogen-bond acceptors (Lipinski definition) is 4. The van der Waals surface area contributed by atoms with E-state index in [1.54, 1.807) is 0 Å². The van der Waals surface area contributed by atoms with Crippen LogP contribution in [0.1, 0.15) is 0 Å². The average Bonchev–Trinajstić information content (AvgIpc) is 2.96. The highest BCUT2D eigenvalue weighted by molar-refractivity contribution is 4.79. The summed E-state index contributed by atoms with van der Waals surface area (Å²) in [6.07, 6.45) is 0. The molecule has 3 aliphatic rings. The van der Waals surface area contributed by atoms with E-state index in [0.717, 1.165) is 0 Å². The average molecular weight is 182 g/mol. The molecule has 0 amide bonds. The fourth-order valence-electron chi connectivity index (χ4n) is 1.93. The molecule has 3 heterocycles. The predicted molar refractivity (Wildman–Crippen MR) is 51.2 cm³/mol. The van der Waals surface area contributed by atoms with Crippen LogP contribution in [0.2, 0.25) is 0 Å². The van der Waals surface area contributed by atoms with Crippen LogP contribution in [0, 0.1) is 0 Å². The Balaban J connectivity index is 1.41. The van der Waals surface area contributed by atoms with Crippen molar-refractivity contribution in [3.63, 3.8) is 0 Å². The number of rotatable bonds is 4. The molecule has 3 aliphatic heterocycles. The molecule has 0 spiro atoms. The molecule has 0 bridgehead atoms. The first-order valence-corrected chi connectivity index (χ1v) is 5.29. The van der Waals surface area contributed by atoms with Crippen molar-refractivity contribution < 1.29 is 0 Å². The van der Waals surface area contributed by atoms with Crippen LogP contribution in [-0.2, 0) is 0 Å². The van der Waals surface area contributed by atoms with Gasteiger partial charge in [-0.2, -0.15) is 0 Å². The Morgan fingerprint density at radius 2 is 0.923 bits per heavy atom. The molecule has 74 valence electrons. The summed E-state index contributed by atoms with van der Waals surface area (Å²) in [4.78, 5) is 10.1. The molecule has 0 aromatic heterocycles. The molecule has 3 saturated heterocycles. The summed E-state index contributed by atoms with van der Waals surface area (Å²) >= 11 is 0. The van der Waals surface area contributed by atoms with E-state index < -0.39 is 0 Å². The third-order valence-electron chi connectivity index (χ3n) is 3.01. The van der Waals surface area contributed by atoms with E-state index in [1.165, 1.54) is 59.3 Å². The summed E-state index contributed by atoms with van der Waals surface area (Å²) in [6.45, 7) is 11.4. The van der Waals surface area contributed by atoms with Gasteiger partial charge in [0.1, 0.15) is 0 Å². The van der Waals surface area contributed by atoms with Gasteiger partial charge >= 0.3 is 0 Å². The van der Waals surface area contributed by atoms with Crippen molar-refractivity contribution in [3.8, 4) is 0 Å². The van der Waals surface area contributed by atoms with Crippen molar-refractivity contribution in [2.75, 3.05) is 59.3 Å². The third kappa shape index (κ3) is 2.20. The molecule has 0 radical (unpaired) electrons. The Kier molecular flexibility index (Phi) is 2.01. The number of hydrogen-bond donors (Lipinski definition) is 0. The molecule has 0 aromatic rings. The highest BCUT2D eigenvalue weighted by Crippen LogP contribution is 2.12. The zero-order valence-corrected chi connectivity index (χ0v) is 8.15.